The Balaban J connectivity index is 2.10. The summed E-state index contributed by atoms with van der Waals surface area (Å²) < 4.78 is 5.13. The summed E-state index contributed by atoms with van der Waals surface area (Å²) in [6.07, 6.45) is 0. The third-order valence-corrected chi connectivity index (χ3v) is 2.39. The van der Waals surface area contributed by atoms with E-state index in [1.807, 2.05) is 23.6 Å². The SMILES string of the molecule is O=C(Oc1ccccc1)c1ccsc1. The Morgan fingerprint density at radius 3 is 2.57 bits per heavy atom. The van der Waals surface area contributed by atoms with Gasteiger partial charge in [-0.3, -0.25) is 0 Å². The normalized spacial score (nSPS) is 9.71. The molecule has 0 aliphatic rings. The first kappa shape index (κ1) is 8.97. The van der Waals surface area contributed by atoms with E-state index < -0.39 is 0 Å². The molecule has 14 heavy (non-hydrogen) atoms. The summed E-state index contributed by atoms with van der Waals surface area (Å²) in [6.45, 7) is 0. The van der Waals surface area contributed by atoms with Crippen LogP contribution in [0.25, 0.3) is 0 Å². The van der Waals surface area contributed by atoms with Gasteiger partial charge in [0.2, 0.25) is 0 Å². The summed E-state index contributed by atoms with van der Waals surface area (Å²) in [5, 5.41) is 3.62. The number of esters is 1. The summed E-state index contributed by atoms with van der Waals surface area (Å²) in [5.41, 5.74) is 0.596. The molecule has 3 heteroatoms. The van der Waals surface area contributed by atoms with Gasteiger partial charge in [-0.05, 0) is 23.6 Å². The van der Waals surface area contributed by atoms with Crippen molar-refractivity contribution in [3.05, 3.63) is 52.7 Å². The smallest absolute Gasteiger partial charge is 0.344 e. The van der Waals surface area contributed by atoms with Crippen molar-refractivity contribution < 1.29 is 9.53 Å². The Hall–Kier alpha value is -1.61. The van der Waals surface area contributed by atoms with Crippen LogP contribution in [0.2, 0.25) is 0 Å². The Morgan fingerprint density at radius 1 is 1.14 bits per heavy atom. The molecule has 70 valence electrons. The molecule has 0 aliphatic carbocycles. The van der Waals surface area contributed by atoms with E-state index in [1.54, 1.807) is 23.6 Å². The maximum Gasteiger partial charge on any atom is 0.344 e. The fourth-order valence-electron chi connectivity index (χ4n) is 1.04. The van der Waals surface area contributed by atoms with Crippen molar-refractivity contribution in [1.29, 1.82) is 0 Å². The van der Waals surface area contributed by atoms with Crippen LogP contribution in [0.15, 0.2) is 47.2 Å². The minimum absolute atomic E-state index is 0.308. The van der Waals surface area contributed by atoms with Gasteiger partial charge in [0.15, 0.2) is 0 Å². The van der Waals surface area contributed by atoms with Crippen molar-refractivity contribution in [2.24, 2.45) is 0 Å². The molecule has 0 saturated heterocycles. The number of ether oxygens (including phenoxy) is 1. The molecule has 2 rings (SSSR count). The summed E-state index contributed by atoms with van der Waals surface area (Å²) in [5.74, 6) is 0.265. The van der Waals surface area contributed by atoms with Crippen LogP contribution in [-0.4, -0.2) is 5.97 Å². The molecule has 0 fully saturated rings. The number of thiophene rings is 1. The summed E-state index contributed by atoms with van der Waals surface area (Å²) in [6, 6.07) is 10.8. The second-order valence-electron chi connectivity index (χ2n) is 2.71. The average molecular weight is 204 g/mol. The van der Waals surface area contributed by atoms with E-state index in [-0.39, 0.29) is 5.97 Å². The molecule has 1 aromatic carbocycles. The lowest BCUT2D eigenvalue weighted by Crippen LogP contribution is -2.06. The lowest BCUT2D eigenvalue weighted by atomic mass is 10.3. The molecule has 2 aromatic rings. The molecule has 0 unspecified atom stereocenters. The molecule has 1 heterocycles. The summed E-state index contributed by atoms with van der Waals surface area (Å²) >= 11 is 1.48. The molecule has 0 spiro atoms. The van der Waals surface area contributed by atoms with Crippen LogP contribution in [0.3, 0.4) is 0 Å². The van der Waals surface area contributed by atoms with Crippen molar-refractivity contribution >= 4 is 17.3 Å². The summed E-state index contributed by atoms with van der Waals surface area (Å²) in [7, 11) is 0. The first-order valence-electron chi connectivity index (χ1n) is 4.16. The number of hydrogen-bond acceptors (Lipinski definition) is 3. The van der Waals surface area contributed by atoms with Gasteiger partial charge in [0.05, 0.1) is 5.56 Å². The molecular weight excluding hydrogens is 196 g/mol. The van der Waals surface area contributed by atoms with E-state index in [2.05, 4.69) is 0 Å². The molecule has 0 aliphatic heterocycles. The Kier molecular flexibility index (Phi) is 2.60. The topological polar surface area (TPSA) is 26.3 Å². The fraction of sp³-hybridized carbons (Fsp3) is 0. The zero-order valence-corrected chi connectivity index (χ0v) is 8.16. The molecule has 0 atom stereocenters. The highest BCUT2D eigenvalue weighted by Gasteiger charge is 2.07. The molecular formula is C11H8O2S. The Morgan fingerprint density at radius 2 is 1.93 bits per heavy atom. The van der Waals surface area contributed by atoms with Crippen molar-refractivity contribution in [3.8, 4) is 5.75 Å². The number of carbonyl (C=O) groups is 1. The molecule has 1 aromatic heterocycles. The van der Waals surface area contributed by atoms with Gasteiger partial charge in [0.1, 0.15) is 5.75 Å². The zero-order valence-electron chi connectivity index (χ0n) is 7.34. The van der Waals surface area contributed by atoms with Gasteiger partial charge in [-0.15, -0.1) is 0 Å². The minimum Gasteiger partial charge on any atom is -0.423 e. The van der Waals surface area contributed by atoms with Crippen LogP contribution in [0.5, 0.6) is 5.75 Å². The largest absolute Gasteiger partial charge is 0.423 e. The standard InChI is InChI=1S/C11H8O2S/c12-11(9-6-7-14-8-9)13-10-4-2-1-3-5-10/h1-8H. The predicted molar refractivity (Wildman–Crippen MR) is 55.7 cm³/mol. The van der Waals surface area contributed by atoms with Gasteiger partial charge in [-0.25, -0.2) is 4.79 Å². The van der Waals surface area contributed by atoms with Crippen LogP contribution in [-0.2, 0) is 0 Å². The number of hydrogen-bond donors (Lipinski definition) is 0. The van der Waals surface area contributed by atoms with Crippen LogP contribution in [0.1, 0.15) is 10.4 Å². The molecule has 2 nitrogen and oxygen atoms in total. The van der Waals surface area contributed by atoms with E-state index in [1.165, 1.54) is 11.3 Å². The van der Waals surface area contributed by atoms with Gasteiger partial charge < -0.3 is 4.74 Å². The number of carbonyl (C=O) groups excluding carboxylic acids is 1. The first-order valence-corrected chi connectivity index (χ1v) is 5.10. The second-order valence-corrected chi connectivity index (χ2v) is 3.49. The third-order valence-electron chi connectivity index (χ3n) is 1.71. The van der Waals surface area contributed by atoms with E-state index in [0.29, 0.717) is 11.3 Å². The maximum absolute atomic E-state index is 11.5. The Bertz CT molecular complexity index is 406. The molecule has 0 amide bonds. The van der Waals surface area contributed by atoms with E-state index in [0.717, 1.165) is 0 Å². The first-order chi connectivity index (χ1) is 6.86. The monoisotopic (exact) mass is 204 g/mol. The maximum atomic E-state index is 11.5. The van der Waals surface area contributed by atoms with Gasteiger partial charge in [-0.2, -0.15) is 11.3 Å². The van der Waals surface area contributed by atoms with Crippen molar-refractivity contribution in [3.63, 3.8) is 0 Å². The van der Waals surface area contributed by atoms with Crippen LogP contribution < -0.4 is 4.74 Å². The van der Waals surface area contributed by atoms with Gasteiger partial charge >= 0.3 is 5.97 Å². The highest BCUT2D eigenvalue weighted by atomic mass is 32.1. The van der Waals surface area contributed by atoms with Crippen LogP contribution in [0.4, 0.5) is 0 Å². The predicted octanol–water partition coefficient (Wildman–Crippen LogP) is 2.97. The molecule has 0 bridgehead atoms. The lowest BCUT2D eigenvalue weighted by molar-refractivity contribution is 0.0735. The lowest BCUT2D eigenvalue weighted by Gasteiger charge is -2.01. The van der Waals surface area contributed by atoms with E-state index >= 15 is 0 Å². The zero-order chi connectivity index (χ0) is 9.80. The summed E-state index contributed by atoms with van der Waals surface area (Å²) in [4.78, 5) is 11.5. The van der Waals surface area contributed by atoms with Crippen LogP contribution >= 0.6 is 11.3 Å². The molecule has 0 radical (unpaired) electrons. The van der Waals surface area contributed by atoms with Crippen molar-refractivity contribution in [2.45, 2.75) is 0 Å². The Labute approximate surface area is 85.8 Å². The molecule has 0 saturated carbocycles. The number of benzene rings is 1. The second kappa shape index (κ2) is 4.07. The highest BCUT2D eigenvalue weighted by molar-refractivity contribution is 7.08. The van der Waals surface area contributed by atoms with Crippen molar-refractivity contribution in [2.75, 3.05) is 0 Å². The van der Waals surface area contributed by atoms with E-state index in [4.69, 9.17) is 4.74 Å². The van der Waals surface area contributed by atoms with Crippen LogP contribution in [0, 0.1) is 0 Å². The van der Waals surface area contributed by atoms with Crippen molar-refractivity contribution in [1.82, 2.24) is 0 Å². The van der Waals surface area contributed by atoms with Gasteiger partial charge in [0.25, 0.3) is 0 Å². The van der Waals surface area contributed by atoms with Gasteiger partial charge in [-0.1, -0.05) is 18.2 Å². The molecule has 0 N–H and O–H groups in total. The number of rotatable bonds is 2. The highest BCUT2D eigenvalue weighted by Crippen LogP contribution is 2.13. The fourth-order valence-corrected chi connectivity index (χ4v) is 1.66. The van der Waals surface area contributed by atoms with Gasteiger partial charge in [0, 0.05) is 5.38 Å². The number of para-hydroxylation sites is 1. The third kappa shape index (κ3) is 2.00. The minimum atomic E-state index is -0.308. The average Bonchev–Trinajstić information content (AvgIpc) is 2.72. The van der Waals surface area contributed by atoms with E-state index in [9.17, 15) is 4.79 Å². The quantitative estimate of drug-likeness (QED) is 0.555.